The predicted molar refractivity (Wildman–Crippen MR) is 110 cm³/mol. The molecule has 1 heterocycles. The lowest BCUT2D eigenvalue weighted by molar-refractivity contribution is -0.384. The van der Waals surface area contributed by atoms with Crippen molar-refractivity contribution in [3.05, 3.63) is 69.3 Å². The first-order valence-electron chi connectivity index (χ1n) is 9.82. The van der Waals surface area contributed by atoms with Gasteiger partial charge in [0.1, 0.15) is 12.6 Å². The fourth-order valence-corrected chi connectivity index (χ4v) is 3.59. The zero-order valence-electron chi connectivity index (χ0n) is 17.0. The molecule has 0 spiro atoms. The lowest BCUT2D eigenvalue weighted by atomic mass is 10.0. The van der Waals surface area contributed by atoms with Gasteiger partial charge in [0.05, 0.1) is 23.3 Å². The van der Waals surface area contributed by atoms with E-state index in [0.717, 1.165) is 18.4 Å². The third-order valence-corrected chi connectivity index (χ3v) is 5.24. The second-order valence-corrected chi connectivity index (χ2v) is 7.08. The largest absolute Gasteiger partial charge is 0.467 e. The zero-order valence-corrected chi connectivity index (χ0v) is 17.0. The number of hydrogen-bond acceptors (Lipinski definition) is 7. The minimum absolute atomic E-state index is 0.00689. The van der Waals surface area contributed by atoms with E-state index >= 15 is 0 Å². The van der Waals surface area contributed by atoms with Crippen LogP contribution in [0.3, 0.4) is 0 Å². The van der Waals surface area contributed by atoms with E-state index in [1.165, 1.54) is 19.2 Å². The number of nitrogens with zero attached hydrogens (tertiary/aromatic N) is 2. The summed E-state index contributed by atoms with van der Waals surface area (Å²) in [5.41, 5.74) is 2.65. The van der Waals surface area contributed by atoms with Crippen LogP contribution in [-0.2, 0) is 27.3 Å². The number of carbonyl (C=O) groups excluding carboxylic acids is 2. The van der Waals surface area contributed by atoms with Gasteiger partial charge in [0.15, 0.2) is 0 Å². The number of rotatable bonds is 7. The monoisotopic (exact) mass is 412 g/mol. The van der Waals surface area contributed by atoms with Crippen molar-refractivity contribution < 1.29 is 24.0 Å². The van der Waals surface area contributed by atoms with Crippen molar-refractivity contribution in [3.63, 3.8) is 0 Å². The molecule has 0 saturated carbocycles. The molecule has 0 bridgehead atoms. The number of non-ortho nitro benzene ring substituents is 1. The van der Waals surface area contributed by atoms with Crippen molar-refractivity contribution in [3.8, 4) is 0 Å². The highest BCUT2D eigenvalue weighted by molar-refractivity contribution is 5.97. The van der Waals surface area contributed by atoms with Crippen molar-refractivity contribution in [1.29, 1.82) is 0 Å². The summed E-state index contributed by atoms with van der Waals surface area (Å²) in [6, 6.07) is 11.0. The maximum Gasteiger partial charge on any atom is 0.340 e. The smallest absolute Gasteiger partial charge is 0.340 e. The molecule has 0 amide bonds. The molecule has 158 valence electrons. The molecule has 3 rings (SSSR count). The number of anilines is 1. The minimum Gasteiger partial charge on any atom is -0.467 e. The first-order valence-corrected chi connectivity index (χ1v) is 9.82. The number of esters is 2. The van der Waals surface area contributed by atoms with E-state index in [4.69, 9.17) is 9.47 Å². The first kappa shape index (κ1) is 21.3. The van der Waals surface area contributed by atoms with Crippen LogP contribution in [-0.4, -0.2) is 36.6 Å². The molecule has 0 aliphatic carbocycles. The van der Waals surface area contributed by atoms with Crippen LogP contribution in [0.15, 0.2) is 42.5 Å². The summed E-state index contributed by atoms with van der Waals surface area (Å²) < 4.78 is 10.4. The SMILES string of the molecule is CCc1ccc(N2CCC[C@H]2C(=O)OC)c(C(=O)OCc2ccc([N+](=O)[O-])cc2)c1. The van der Waals surface area contributed by atoms with Gasteiger partial charge < -0.3 is 14.4 Å². The molecule has 0 unspecified atom stereocenters. The number of nitro benzene ring substituents is 1. The van der Waals surface area contributed by atoms with Gasteiger partial charge in [-0.2, -0.15) is 0 Å². The molecule has 1 atom stereocenters. The van der Waals surface area contributed by atoms with Crippen molar-refractivity contribution in [1.82, 2.24) is 0 Å². The highest BCUT2D eigenvalue weighted by Crippen LogP contribution is 2.31. The molecular weight excluding hydrogens is 388 g/mol. The summed E-state index contributed by atoms with van der Waals surface area (Å²) in [4.78, 5) is 37.3. The molecule has 8 heteroatoms. The van der Waals surface area contributed by atoms with Crippen LogP contribution < -0.4 is 4.90 Å². The van der Waals surface area contributed by atoms with Gasteiger partial charge in [-0.15, -0.1) is 0 Å². The molecule has 30 heavy (non-hydrogen) atoms. The van der Waals surface area contributed by atoms with Gasteiger partial charge in [-0.25, -0.2) is 9.59 Å². The number of hydrogen-bond donors (Lipinski definition) is 0. The second-order valence-electron chi connectivity index (χ2n) is 7.08. The maximum atomic E-state index is 12.9. The Kier molecular flexibility index (Phi) is 6.66. The number of aryl methyl sites for hydroxylation is 1. The Morgan fingerprint density at radius 2 is 1.87 bits per heavy atom. The average molecular weight is 412 g/mol. The van der Waals surface area contributed by atoms with E-state index < -0.39 is 16.9 Å². The van der Waals surface area contributed by atoms with Gasteiger partial charge in [-0.05, 0) is 54.7 Å². The number of methoxy groups -OCH3 is 1. The predicted octanol–water partition coefficient (Wildman–Crippen LogP) is 3.66. The molecule has 1 saturated heterocycles. The van der Waals surface area contributed by atoms with E-state index in [0.29, 0.717) is 29.8 Å². The first-order chi connectivity index (χ1) is 14.4. The standard InChI is InChI=1S/C22H24N2O6/c1-3-15-8-11-19(23-12-4-5-20(23)22(26)29-2)18(13-15)21(25)30-14-16-6-9-17(10-7-16)24(27)28/h6-11,13,20H,3-5,12,14H2,1-2H3/t20-/m0/s1. The third-order valence-electron chi connectivity index (χ3n) is 5.24. The van der Waals surface area contributed by atoms with E-state index in [2.05, 4.69) is 0 Å². The molecule has 8 nitrogen and oxygen atoms in total. The molecular formula is C22H24N2O6. The minimum atomic E-state index is -0.505. The highest BCUT2D eigenvalue weighted by atomic mass is 16.6. The van der Waals surface area contributed by atoms with Crippen molar-refractivity contribution in [2.75, 3.05) is 18.6 Å². The van der Waals surface area contributed by atoms with Crippen LogP contribution in [0.4, 0.5) is 11.4 Å². The van der Waals surface area contributed by atoms with Crippen LogP contribution in [0.2, 0.25) is 0 Å². The van der Waals surface area contributed by atoms with Crippen LogP contribution in [0.1, 0.15) is 41.3 Å². The summed E-state index contributed by atoms with van der Waals surface area (Å²) in [6.45, 7) is 2.63. The summed E-state index contributed by atoms with van der Waals surface area (Å²) in [6.07, 6.45) is 2.25. The van der Waals surface area contributed by atoms with Gasteiger partial charge in [0, 0.05) is 18.7 Å². The van der Waals surface area contributed by atoms with Gasteiger partial charge in [0.25, 0.3) is 5.69 Å². The Bertz CT molecular complexity index is 941. The molecule has 1 aliphatic heterocycles. The van der Waals surface area contributed by atoms with Crippen LogP contribution in [0, 0.1) is 10.1 Å². The van der Waals surface area contributed by atoms with Gasteiger partial charge in [-0.1, -0.05) is 13.0 Å². The topological polar surface area (TPSA) is 99.0 Å². The zero-order chi connectivity index (χ0) is 21.7. The Labute approximate surface area is 174 Å². The number of carbonyl (C=O) groups is 2. The van der Waals surface area contributed by atoms with E-state index in [1.807, 2.05) is 24.0 Å². The summed E-state index contributed by atoms with van der Waals surface area (Å²) in [5, 5.41) is 10.8. The Hall–Kier alpha value is -3.42. The van der Waals surface area contributed by atoms with E-state index in [-0.39, 0.29) is 18.3 Å². The van der Waals surface area contributed by atoms with Crippen LogP contribution >= 0.6 is 0 Å². The van der Waals surface area contributed by atoms with Gasteiger partial charge in [-0.3, -0.25) is 10.1 Å². The lowest BCUT2D eigenvalue weighted by Gasteiger charge is -2.27. The Balaban J connectivity index is 1.82. The molecule has 2 aromatic carbocycles. The highest BCUT2D eigenvalue weighted by Gasteiger charge is 2.34. The number of benzene rings is 2. The molecule has 1 aliphatic rings. The van der Waals surface area contributed by atoms with Crippen molar-refractivity contribution in [2.45, 2.75) is 38.8 Å². The van der Waals surface area contributed by atoms with Crippen molar-refractivity contribution in [2.24, 2.45) is 0 Å². The summed E-state index contributed by atoms with van der Waals surface area (Å²) in [5.74, 6) is -0.827. The summed E-state index contributed by atoms with van der Waals surface area (Å²) in [7, 11) is 1.36. The Morgan fingerprint density at radius 1 is 1.17 bits per heavy atom. The summed E-state index contributed by atoms with van der Waals surface area (Å²) >= 11 is 0. The fraction of sp³-hybridized carbons (Fsp3) is 0.364. The van der Waals surface area contributed by atoms with Crippen molar-refractivity contribution >= 4 is 23.3 Å². The van der Waals surface area contributed by atoms with Gasteiger partial charge >= 0.3 is 11.9 Å². The molecule has 1 fully saturated rings. The normalized spacial score (nSPS) is 15.7. The molecule has 0 aromatic heterocycles. The maximum absolute atomic E-state index is 12.9. The quantitative estimate of drug-likeness (QED) is 0.389. The number of ether oxygens (including phenoxy) is 2. The Morgan fingerprint density at radius 3 is 2.50 bits per heavy atom. The molecule has 2 aromatic rings. The second kappa shape index (κ2) is 9.39. The molecule has 0 radical (unpaired) electrons. The average Bonchev–Trinajstić information content (AvgIpc) is 3.26. The van der Waals surface area contributed by atoms with E-state index in [9.17, 15) is 19.7 Å². The van der Waals surface area contributed by atoms with E-state index in [1.54, 1.807) is 18.2 Å². The van der Waals surface area contributed by atoms with Gasteiger partial charge in [0.2, 0.25) is 0 Å². The fourth-order valence-electron chi connectivity index (χ4n) is 3.59. The lowest BCUT2D eigenvalue weighted by Crippen LogP contribution is -2.37. The number of nitro groups is 1. The van der Waals surface area contributed by atoms with Crippen LogP contribution in [0.5, 0.6) is 0 Å². The van der Waals surface area contributed by atoms with Crippen LogP contribution in [0.25, 0.3) is 0 Å². The molecule has 0 N–H and O–H groups in total. The third kappa shape index (κ3) is 4.59.